The highest BCUT2D eigenvalue weighted by molar-refractivity contribution is 5.77. The number of nitrogens with zero attached hydrogens (tertiary/aromatic N) is 2. The first kappa shape index (κ1) is 15.3. The molecule has 3 aliphatic rings. The average molecular weight is 292 g/mol. The van der Waals surface area contributed by atoms with Crippen molar-refractivity contribution in [1.29, 1.82) is 0 Å². The van der Waals surface area contributed by atoms with Crippen LogP contribution in [0.4, 0.5) is 0 Å². The van der Waals surface area contributed by atoms with E-state index < -0.39 is 0 Å². The number of rotatable bonds is 4. The van der Waals surface area contributed by atoms with Crippen LogP contribution in [0, 0.1) is 11.3 Å². The van der Waals surface area contributed by atoms with E-state index in [0.717, 1.165) is 25.6 Å². The first-order valence-corrected chi connectivity index (χ1v) is 9.12. The van der Waals surface area contributed by atoms with Crippen molar-refractivity contribution < 1.29 is 4.79 Å². The lowest BCUT2D eigenvalue weighted by Crippen LogP contribution is -2.48. The molecule has 0 bridgehead atoms. The van der Waals surface area contributed by atoms with Gasteiger partial charge in [0.05, 0.1) is 0 Å². The van der Waals surface area contributed by atoms with Crippen LogP contribution in [-0.4, -0.2) is 47.9 Å². The second-order valence-electron chi connectivity index (χ2n) is 7.90. The number of carbonyl (C=O) groups is 1. The molecule has 0 aromatic rings. The SMILES string of the molecule is CC(C)C1(CC(=O)N2CCC(N3CCCCC3)CC2)CC1. The van der Waals surface area contributed by atoms with Crippen LogP contribution in [0.5, 0.6) is 0 Å². The number of amides is 1. The largest absolute Gasteiger partial charge is 0.343 e. The van der Waals surface area contributed by atoms with Crippen molar-refractivity contribution in [3.63, 3.8) is 0 Å². The van der Waals surface area contributed by atoms with E-state index in [9.17, 15) is 4.79 Å². The molecular formula is C18H32N2O. The van der Waals surface area contributed by atoms with Crippen molar-refractivity contribution in [2.75, 3.05) is 26.2 Å². The van der Waals surface area contributed by atoms with E-state index in [0.29, 0.717) is 17.2 Å². The monoisotopic (exact) mass is 292 g/mol. The first-order valence-electron chi connectivity index (χ1n) is 9.12. The fraction of sp³-hybridized carbons (Fsp3) is 0.944. The topological polar surface area (TPSA) is 23.6 Å². The van der Waals surface area contributed by atoms with Crippen LogP contribution < -0.4 is 0 Å². The summed E-state index contributed by atoms with van der Waals surface area (Å²) >= 11 is 0. The Morgan fingerprint density at radius 1 is 1.05 bits per heavy atom. The van der Waals surface area contributed by atoms with E-state index in [4.69, 9.17) is 0 Å². The van der Waals surface area contributed by atoms with Crippen LogP contribution in [0.25, 0.3) is 0 Å². The first-order chi connectivity index (χ1) is 10.1. The fourth-order valence-corrected chi connectivity index (χ4v) is 4.30. The van der Waals surface area contributed by atoms with E-state index in [1.807, 2.05) is 0 Å². The molecule has 3 nitrogen and oxygen atoms in total. The van der Waals surface area contributed by atoms with Gasteiger partial charge in [-0.25, -0.2) is 0 Å². The highest BCUT2D eigenvalue weighted by Crippen LogP contribution is 2.54. The van der Waals surface area contributed by atoms with Crippen LogP contribution in [0.15, 0.2) is 0 Å². The third-order valence-corrected chi connectivity index (χ3v) is 6.34. The van der Waals surface area contributed by atoms with Gasteiger partial charge in [0, 0.05) is 25.6 Å². The Hall–Kier alpha value is -0.570. The van der Waals surface area contributed by atoms with Gasteiger partial charge < -0.3 is 9.80 Å². The summed E-state index contributed by atoms with van der Waals surface area (Å²) in [6.07, 6.45) is 9.87. The van der Waals surface area contributed by atoms with Crippen molar-refractivity contribution >= 4 is 5.91 Å². The molecule has 1 saturated carbocycles. The van der Waals surface area contributed by atoms with Crippen LogP contribution in [0.3, 0.4) is 0 Å². The van der Waals surface area contributed by atoms with E-state index in [1.165, 1.54) is 58.0 Å². The van der Waals surface area contributed by atoms with E-state index >= 15 is 0 Å². The normalized spacial score (nSPS) is 27.1. The Labute approximate surface area is 130 Å². The zero-order chi connectivity index (χ0) is 14.9. The van der Waals surface area contributed by atoms with Gasteiger partial charge in [0.2, 0.25) is 5.91 Å². The summed E-state index contributed by atoms with van der Waals surface area (Å²) in [5, 5.41) is 0. The third kappa shape index (κ3) is 3.44. The minimum absolute atomic E-state index is 0.362. The molecule has 3 rings (SSSR count). The van der Waals surface area contributed by atoms with Gasteiger partial charge in [0.15, 0.2) is 0 Å². The van der Waals surface area contributed by atoms with Gasteiger partial charge >= 0.3 is 0 Å². The van der Waals surface area contributed by atoms with Crippen LogP contribution in [0.2, 0.25) is 0 Å². The molecule has 3 heteroatoms. The van der Waals surface area contributed by atoms with Crippen LogP contribution in [-0.2, 0) is 4.79 Å². The van der Waals surface area contributed by atoms with E-state index in [-0.39, 0.29) is 0 Å². The maximum Gasteiger partial charge on any atom is 0.223 e. The van der Waals surface area contributed by atoms with Gasteiger partial charge in [-0.3, -0.25) is 4.79 Å². The van der Waals surface area contributed by atoms with Gasteiger partial charge in [0.25, 0.3) is 0 Å². The van der Waals surface area contributed by atoms with Gasteiger partial charge in [-0.05, 0) is 62.9 Å². The molecule has 2 aliphatic heterocycles. The van der Waals surface area contributed by atoms with E-state index in [1.54, 1.807) is 0 Å². The minimum atomic E-state index is 0.362. The van der Waals surface area contributed by atoms with Gasteiger partial charge in [-0.1, -0.05) is 20.3 Å². The van der Waals surface area contributed by atoms with Gasteiger partial charge in [0.1, 0.15) is 0 Å². The summed E-state index contributed by atoms with van der Waals surface area (Å²) in [7, 11) is 0. The summed E-state index contributed by atoms with van der Waals surface area (Å²) in [5.41, 5.74) is 0.362. The molecule has 0 N–H and O–H groups in total. The molecule has 3 fully saturated rings. The van der Waals surface area contributed by atoms with Crippen LogP contribution in [0.1, 0.15) is 65.2 Å². The average Bonchev–Trinajstić information content (AvgIpc) is 3.29. The molecule has 0 unspecified atom stereocenters. The summed E-state index contributed by atoms with van der Waals surface area (Å²) in [5.74, 6) is 1.09. The lowest BCUT2D eigenvalue weighted by molar-refractivity contribution is -0.134. The number of carbonyl (C=O) groups excluding carboxylic acids is 1. The quantitative estimate of drug-likeness (QED) is 0.794. The van der Waals surface area contributed by atoms with Crippen molar-refractivity contribution in [2.45, 2.75) is 71.3 Å². The smallest absolute Gasteiger partial charge is 0.223 e. The summed E-state index contributed by atoms with van der Waals surface area (Å²) in [4.78, 5) is 17.4. The zero-order valence-electron chi connectivity index (χ0n) is 13.9. The second-order valence-corrected chi connectivity index (χ2v) is 7.90. The van der Waals surface area contributed by atoms with Gasteiger partial charge in [-0.2, -0.15) is 0 Å². The Morgan fingerprint density at radius 3 is 2.19 bits per heavy atom. The predicted octanol–water partition coefficient (Wildman–Crippen LogP) is 3.29. The van der Waals surface area contributed by atoms with E-state index in [2.05, 4.69) is 23.6 Å². The Kier molecular flexibility index (Phi) is 4.58. The molecule has 1 aliphatic carbocycles. The summed E-state index contributed by atoms with van der Waals surface area (Å²) in [6, 6.07) is 0.745. The highest BCUT2D eigenvalue weighted by atomic mass is 16.2. The lowest BCUT2D eigenvalue weighted by atomic mass is 9.88. The standard InChI is InChI=1S/C18H32N2O/c1-15(2)18(8-9-18)14-17(21)20-12-6-16(7-13-20)19-10-4-3-5-11-19/h15-16H,3-14H2,1-2H3. The molecule has 2 saturated heterocycles. The Balaban J connectivity index is 1.46. The minimum Gasteiger partial charge on any atom is -0.343 e. The molecule has 0 aromatic carbocycles. The number of hydrogen-bond donors (Lipinski definition) is 0. The molecule has 0 atom stereocenters. The molecule has 120 valence electrons. The second kappa shape index (κ2) is 6.28. The predicted molar refractivity (Wildman–Crippen MR) is 86.1 cm³/mol. The molecule has 21 heavy (non-hydrogen) atoms. The Bertz CT molecular complexity index is 361. The summed E-state index contributed by atoms with van der Waals surface area (Å²) in [6.45, 7) is 9.12. The zero-order valence-corrected chi connectivity index (χ0v) is 13.9. The number of hydrogen-bond acceptors (Lipinski definition) is 2. The molecule has 1 amide bonds. The van der Waals surface area contributed by atoms with Crippen molar-refractivity contribution in [3.8, 4) is 0 Å². The lowest BCUT2D eigenvalue weighted by Gasteiger charge is -2.40. The maximum atomic E-state index is 12.6. The molecule has 0 spiro atoms. The molecule has 0 radical (unpaired) electrons. The third-order valence-electron chi connectivity index (χ3n) is 6.34. The van der Waals surface area contributed by atoms with Crippen molar-refractivity contribution in [3.05, 3.63) is 0 Å². The van der Waals surface area contributed by atoms with Crippen LogP contribution >= 0.6 is 0 Å². The Morgan fingerprint density at radius 2 is 1.67 bits per heavy atom. The molecular weight excluding hydrogens is 260 g/mol. The number of likely N-dealkylation sites (tertiary alicyclic amines) is 2. The number of piperidine rings is 2. The molecule has 0 aromatic heterocycles. The van der Waals surface area contributed by atoms with Crippen molar-refractivity contribution in [2.24, 2.45) is 11.3 Å². The maximum absolute atomic E-state index is 12.6. The van der Waals surface area contributed by atoms with Crippen molar-refractivity contribution in [1.82, 2.24) is 9.80 Å². The fourth-order valence-electron chi connectivity index (χ4n) is 4.30. The molecule has 2 heterocycles. The van der Waals surface area contributed by atoms with Gasteiger partial charge in [-0.15, -0.1) is 0 Å². The highest BCUT2D eigenvalue weighted by Gasteiger charge is 2.47. The summed E-state index contributed by atoms with van der Waals surface area (Å²) < 4.78 is 0.